The number of fused-ring (bicyclic) bond motifs is 1. The van der Waals surface area contributed by atoms with Crippen molar-refractivity contribution in [2.24, 2.45) is 5.92 Å². The van der Waals surface area contributed by atoms with E-state index < -0.39 is 11.6 Å². The minimum atomic E-state index is -0.871. The van der Waals surface area contributed by atoms with Gasteiger partial charge in [-0.15, -0.1) is 10.2 Å². The Bertz CT molecular complexity index is 823. The van der Waals surface area contributed by atoms with Crippen LogP contribution < -0.4 is 0 Å². The molecular weight excluding hydrogens is 330 g/mol. The highest BCUT2D eigenvalue weighted by molar-refractivity contribution is 5.82. The predicted molar refractivity (Wildman–Crippen MR) is 83.5 cm³/mol. The molecule has 25 heavy (non-hydrogen) atoms. The van der Waals surface area contributed by atoms with E-state index in [-0.39, 0.29) is 29.9 Å². The summed E-state index contributed by atoms with van der Waals surface area (Å²) < 4.78 is 34.3. The van der Waals surface area contributed by atoms with E-state index in [1.54, 1.807) is 12.0 Å². The maximum Gasteiger partial charge on any atom is 0.228 e. The highest BCUT2D eigenvalue weighted by Crippen LogP contribution is 2.35. The number of aromatic nitrogens is 3. The fraction of sp³-hybridized carbons (Fsp3) is 0.471. The first-order chi connectivity index (χ1) is 12.1. The molecule has 2 aliphatic rings. The van der Waals surface area contributed by atoms with Crippen LogP contribution in [-0.2, 0) is 29.0 Å². The number of hydrogen-bond acceptors (Lipinski definition) is 4. The maximum absolute atomic E-state index is 13.9. The summed E-state index contributed by atoms with van der Waals surface area (Å²) in [6.07, 6.45) is 0.959. The topological polar surface area (TPSA) is 60.2 Å². The number of halogens is 2. The Morgan fingerprint density at radius 2 is 2.16 bits per heavy atom. The number of ether oxygens (including phenoxy) is 1. The molecular formula is C17H18F2N4O2. The quantitative estimate of drug-likeness (QED) is 0.841. The molecule has 0 bridgehead atoms. The van der Waals surface area contributed by atoms with Gasteiger partial charge >= 0.3 is 0 Å². The van der Waals surface area contributed by atoms with Crippen molar-refractivity contribution < 1.29 is 18.3 Å². The Morgan fingerprint density at radius 1 is 1.32 bits per heavy atom. The SMILES string of the molecule is CO[C@@H]1C[C@H]1C(=O)N1CCn2c(Cc3cccc(F)c3F)nnc2C1. The van der Waals surface area contributed by atoms with Gasteiger partial charge in [-0.05, 0) is 18.1 Å². The molecule has 8 heteroatoms. The molecule has 1 aliphatic heterocycles. The van der Waals surface area contributed by atoms with E-state index in [1.165, 1.54) is 12.1 Å². The molecule has 0 radical (unpaired) electrons. The van der Waals surface area contributed by atoms with Crippen molar-refractivity contribution >= 4 is 5.91 Å². The summed E-state index contributed by atoms with van der Waals surface area (Å²) in [4.78, 5) is 14.2. The van der Waals surface area contributed by atoms with E-state index in [1.807, 2.05) is 4.57 Å². The average Bonchev–Trinajstić information content (AvgIpc) is 3.32. The predicted octanol–water partition coefficient (Wildman–Crippen LogP) is 1.52. The summed E-state index contributed by atoms with van der Waals surface area (Å²) in [5.74, 6) is -0.454. The van der Waals surface area contributed by atoms with Gasteiger partial charge in [-0.3, -0.25) is 4.79 Å². The second-order valence-electron chi connectivity index (χ2n) is 6.45. The van der Waals surface area contributed by atoms with Crippen LogP contribution in [0.5, 0.6) is 0 Å². The lowest BCUT2D eigenvalue weighted by Crippen LogP contribution is -2.40. The first kappa shape index (κ1) is 16.1. The summed E-state index contributed by atoms with van der Waals surface area (Å²) in [5.41, 5.74) is 0.245. The lowest BCUT2D eigenvalue weighted by molar-refractivity contribution is -0.135. The second-order valence-corrected chi connectivity index (χ2v) is 6.45. The van der Waals surface area contributed by atoms with Crippen molar-refractivity contribution in [2.45, 2.75) is 32.0 Å². The zero-order valence-electron chi connectivity index (χ0n) is 13.8. The van der Waals surface area contributed by atoms with Gasteiger partial charge in [0.05, 0.1) is 18.6 Å². The van der Waals surface area contributed by atoms with Gasteiger partial charge in [0.15, 0.2) is 17.5 Å². The molecule has 0 N–H and O–H groups in total. The van der Waals surface area contributed by atoms with Crippen molar-refractivity contribution in [2.75, 3.05) is 13.7 Å². The molecule has 1 amide bonds. The molecule has 1 fully saturated rings. The summed E-state index contributed by atoms with van der Waals surface area (Å²) in [5, 5.41) is 8.24. The average molecular weight is 348 g/mol. The first-order valence-electron chi connectivity index (χ1n) is 8.24. The van der Waals surface area contributed by atoms with Gasteiger partial charge in [-0.2, -0.15) is 0 Å². The Labute approximate surface area is 143 Å². The van der Waals surface area contributed by atoms with Gasteiger partial charge in [0.2, 0.25) is 5.91 Å². The normalized spacial score (nSPS) is 22.0. The van der Waals surface area contributed by atoms with E-state index in [0.717, 1.165) is 12.5 Å². The van der Waals surface area contributed by atoms with Crippen LogP contribution in [0.1, 0.15) is 23.6 Å². The molecule has 2 heterocycles. The second kappa shape index (κ2) is 6.18. The standard InChI is InChI=1S/C17H18F2N4O2/c1-25-13-8-11(13)17(24)22-5-6-23-14(20-21-15(23)9-22)7-10-3-2-4-12(18)16(10)19/h2-4,11,13H,5-9H2,1H3/t11-,13-/m1/s1. The molecule has 4 rings (SSSR count). The number of hydrogen-bond donors (Lipinski definition) is 0. The Morgan fingerprint density at radius 3 is 2.92 bits per heavy atom. The van der Waals surface area contributed by atoms with Crippen LogP contribution in [0.25, 0.3) is 0 Å². The fourth-order valence-electron chi connectivity index (χ4n) is 3.32. The summed E-state index contributed by atoms with van der Waals surface area (Å²) in [7, 11) is 1.61. The minimum Gasteiger partial charge on any atom is -0.381 e. The van der Waals surface area contributed by atoms with Gasteiger partial charge < -0.3 is 14.2 Å². The number of nitrogens with zero attached hydrogens (tertiary/aromatic N) is 4. The largest absolute Gasteiger partial charge is 0.381 e. The van der Waals surface area contributed by atoms with Crippen LogP contribution in [0, 0.1) is 17.6 Å². The minimum absolute atomic E-state index is 0.0267. The molecule has 1 aromatic heterocycles. The van der Waals surface area contributed by atoms with Gasteiger partial charge in [-0.1, -0.05) is 12.1 Å². The molecule has 1 aliphatic carbocycles. The van der Waals surface area contributed by atoms with E-state index in [2.05, 4.69) is 10.2 Å². The summed E-state index contributed by atoms with van der Waals surface area (Å²) in [6, 6.07) is 4.10. The third-order valence-electron chi connectivity index (χ3n) is 4.87. The smallest absolute Gasteiger partial charge is 0.228 e. The number of methoxy groups -OCH3 is 1. The van der Waals surface area contributed by atoms with Crippen molar-refractivity contribution in [1.29, 1.82) is 0 Å². The van der Waals surface area contributed by atoms with Gasteiger partial charge in [0, 0.05) is 26.6 Å². The number of rotatable bonds is 4. The van der Waals surface area contributed by atoms with E-state index in [9.17, 15) is 13.6 Å². The zero-order valence-corrected chi connectivity index (χ0v) is 13.8. The van der Waals surface area contributed by atoms with Crippen LogP contribution in [0.4, 0.5) is 8.78 Å². The number of carbonyl (C=O) groups is 1. The molecule has 6 nitrogen and oxygen atoms in total. The first-order valence-corrected chi connectivity index (χ1v) is 8.24. The van der Waals surface area contributed by atoms with Crippen molar-refractivity contribution in [1.82, 2.24) is 19.7 Å². The van der Waals surface area contributed by atoms with Crippen LogP contribution in [0.2, 0.25) is 0 Å². The number of carbonyl (C=O) groups excluding carboxylic acids is 1. The zero-order chi connectivity index (χ0) is 17.6. The third-order valence-corrected chi connectivity index (χ3v) is 4.87. The van der Waals surface area contributed by atoms with E-state index >= 15 is 0 Å². The van der Waals surface area contributed by atoms with Gasteiger partial charge in [0.25, 0.3) is 0 Å². The van der Waals surface area contributed by atoms with Gasteiger partial charge in [0.1, 0.15) is 5.82 Å². The Hall–Kier alpha value is -2.35. The molecule has 1 saturated carbocycles. The highest BCUT2D eigenvalue weighted by atomic mass is 19.2. The van der Waals surface area contributed by atoms with E-state index in [0.29, 0.717) is 31.3 Å². The lowest BCUT2D eigenvalue weighted by atomic mass is 10.1. The molecule has 0 spiro atoms. The van der Waals surface area contributed by atoms with Crippen LogP contribution in [0.3, 0.4) is 0 Å². The van der Waals surface area contributed by atoms with Crippen molar-refractivity contribution in [3.05, 3.63) is 47.0 Å². The summed E-state index contributed by atoms with van der Waals surface area (Å²) in [6.45, 7) is 1.48. The third kappa shape index (κ3) is 2.90. The Balaban J connectivity index is 1.49. The molecule has 0 unspecified atom stereocenters. The molecule has 0 saturated heterocycles. The molecule has 2 aromatic rings. The van der Waals surface area contributed by atoms with E-state index in [4.69, 9.17) is 4.74 Å². The van der Waals surface area contributed by atoms with Crippen molar-refractivity contribution in [3.8, 4) is 0 Å². The van der Waals surface area contributed by atoms with Crippen molar-refractivity contribution in [3.63, 3.8) is 0 Å². The highest BCUT2D eigenvalue weighted by Gasteiger charge is 2.46. The molecule has 1 aromatic carbocycles. The monoisotopic (exact) mass is 348 g/mol. The number of benzene rings is 1. The van der Waals surface area contributed by atoms with Crippen LogP contribution in [0.15, 0.2) is 18.2 Å². The molecule has 132 valence electrons. The van der Waals surface area contributed by atoms with Crippen LogP contribution in [-0.4, -0.2) is 45.3 Å². The fourth-order valence-corrected chi connectivity index (χ4v) is 3.32. The Kier molecular flexibility index (Phi) is 3.99. The number of amides is 1. The molecule has 2 atom stereocenters. The maximum atomic E-state index is 13.9. The summed E-state index contributed by atoms with van der Waals surface area (Å²) >= 11 is 0. The van der Waals surface area contributed by atoms with Gasteiger partial charge in [-0.25, -0.2) is 8.78 Å². The lowest BCUT2D eigenvalue weighted by Gasteiger charge is -2.28. The van der Waals surface area contributed by atoms with Crippen LogP contribution >= 0.6 is 0 Å².